The molecule has 0 amide bonds. The number of anilines is 1. The summed E-state index contributed by atoms with van der Waals surface area (Å²) in [4.78, 5) is 22.9. The fourth-order valence-electron chi connectivity index (χ4n) is 1.40. The van der Waals surface area contributed by atoms with Crippen molar-refractivity contribution in [1.82, 2.24) is 15.0 Å². The number of ether oxygens (including phenoxy) is 1. The first kappa shape index (κ1) is 15.0. The molecular weight excluding hydrogens is 294 g/mol. The van der Waals surface area contributed by atoms with Crippen LogP contribution in [-0.4, -0.2) is 26.5 Å². The predicted octanol–water partition coefficient (Wildman–Crippen LogP) is 2.30. The van der Waals surface area contributed by atoms with Gasteiger partial charge in [0, 0.05) is 17.0 Å². The molecule has 0 atom stereocenters. The third-order valence-corrected chi connectivity index (χ3v) is 3.18. The number of non-ortho nitro benzene ring substituents is 1. The molecular formula is C12H13N5O3S. The highest BCUT2D eigenvalue weighted by molar-refractivity contribution is 7.99. The van der Waals surface area contributed by atoms with Gasteiger partial charge in [0.25, 0.3) is 5.69 Å². The van der Waals surface area contributed by atoms with Gasteiger partial charge < -0.3 is 10.5 Å². The quantitative estimate of drug-likeness (QED) is 0.638. The molecule has 1 aromatic carbocycles. The van der Waals surface area contributed by atoms with E-state index in [1.807, 2.05) is 6.92 Å². The summed E-state index contributed by atoms with van der Waals surface area (Å²) in [6, 6.07) is 6.25. The van der Waals surface area contributed by atoms with Crippen LogP contribution in [0, 0.1) is 10.1 Å². The zero-order chi connectivity index (χ0) is 15.2. The molecule has 2 rings (SSSR count). The molecule has 9 heteroatoms. The fourth-order valence-corrected chi connectivity index (χ4v) is 2.14. The van der Waals surface area contributed by atoms with Crippen molar-refractivity contribution in [3.63, 3.8) is 0 Å². The molecule has 0 aliphatic carbocycles. The highest BCUT2D eigenvalue weighted by Gasteiger charge is 2.09. The van der Waals surface area contributed by atoms with Crippen molar-refractivity contribution in [2.75, 3.05) is 12.3 Å². The van der Waals surface area contributed by atoms with Gasteiger partial charge in [0.2, 0.25) is 11.1 Å². The van der Waals surface area contributed by atoms with Crippen molar-refractivity contribution in [2.24, 2.45) is 0 Å². The number of hydrogen-bond donors (Lipinski definition) is 1. The molecule has 110 valence electrons. The zero-order valence-electron chi connectivity index (χ0n) is 11.2. The largest absolute Gasteiger partial charge is 0.463 e. The van der Waals surface area contributed by atoms with Crippen LogP contribution in [0.25, 0.3) is 0 Å². The first-order valence-electron chi connectivity index (χ1n) is 6.15. The van der Waals surface area contributed by atoms with E-state index in [9.17, 15) is 10.1 Å². The second-order valence-corrected chi connectivity index (χ2v) is 5.00. The van der Waals surface area contributed by atoms with Crippen molar-refractivity contribution >= 4 is 23.4 Å². The second kappa shape index (κ2) is 6.84. The molecule has 0 aliphatic heterocycles. The Kier molecular flexibility index (Phi) is 4.88. The highest BCUT2D eigenvalue weighted by Crippen LogP contribution is 2.27. The molecule has 0 bridgehead atoms. The lowest BCUT2D eigenvalue weighted by molar-refractivity contribution is -0.384. The van der Waals surface area contributed by atoms with Crippen LogP contribution in [-0.2, 0) is 0 Å². The summed E-state index contributed by atoms with van der Waals surface area (Å²) in [6.45, 7) is 2.46. The molecule has 1 aromatic heterocycles. The number of hydrogen-bond acceptors (Lipinski definition) is 8. The van der Waals surface area contributed by atoms with Gasteiger partial charge >= 0.3 is 6.01 Å². The number of benzene rings is 1. The molecule has 1 heterocycles. The van der Waals surface area contributed by atoms with Crippen molar-refractivity contribution in [3.05, 3.63) is 34.4 Å². The summed E-state index contributed by atoms with van der Waals surface area (Å²) < 4.78 is 5.32. The Labute approximate surface area is 124 Å². The van der Waals surface area contributed by atoms with E-state index in [4.69, 9.17) is 10.5 Å². The molecule has 0 aliphatic rings. The van der Waals surface area contributed by atoms with Gasteiger partial charge in [-0.3, -0.25) is 10.1 Å². The Morgan fingerprint density at radius 1 is 1.29 bits per heavy atom. The van der Waals surface area contributed by atoms with E-state index < -0.39 is 4.92 Å². The van der Waals surface area contributed by atoms with Crippen LogP contribution in [0.2, 0.25) is 0 Å². The lowest BCUT2D eigenvalue weighted by Gasteiger charge is -2.05. The Bertz CT molecular complexity index is 635. The molecule has 21 heavy (non-hydrogen) atoms. The summed E-state index contributed by atoms with van der Waals surface area (Å²) >= 11 is 1.22. The first-order chi connectivity index (χ1) is 10.1. The second-order valence-electron chi connectivity index (χ2n) is 3.96. The fraction of sp³-hybridized carbons (Fsp3) is 0.250. The Balaban J connectivity index is 2.14. The average molecular weight is 307 g/mol. The van der Waals surface area contributed by atoms with Gasteiger partial charge in [0.05, 0.1) is 11.5 Å². The van der Waals surface area contributed by atoms with Crippen molar-refractivity contribution < 1.29 is 9.66 Å². The molecule has 0 saturated heterocycles. The van der Waals surface area contributed by atoms with Gasteiger partial charge in [0.1, 0.15) is 0 Å². The van der Waals surface area contributed by atoms with E-state index in [-0.39, 0.29) is 17.6 Å². The van der Waals surface area contributed by atoms with Crippen molar-refractivity contribution in [1.29, 1.82) is 0 Å². The summed E-state index contributed by atoms with van der Waals surface area (Å²) in [5.74, 6) is 0.0699. The zero-order valence-corrected chi connectivity index (χ0v) is 12.0. The Hall–Kier alpha value is -2.42. The highest BCUT2D eigenvalue weighted by atomic mass is 32.2. The Morgan fingerprint density at radius 3 is 2.62 bits per heavy atom. The number of nitrogens with two attached hydrogens (primary N) is 1. The van der Waals surface area contributed by atoms with Gasteiger partial charge in [-0.25, -0.2) is 0 Å². The summed E-state index contributed by atoms with van der Waals surface area (Å²) in [7, 11) is 0. The minimum atomic E-state index is -0.452. The summed E-state index contributed by atoms with van der Waals surface area (Å²) in [5, 5.41) is 11.0. The molecule has 8 nitrogen and oxygen atoms in total. The normalized spacial score (nSPS) is 10.3. The van der Waals surface area contributed by atoms with Crippen LogP contribution >= 0.6 is 11.8 Å². The maximum atomic E-state index is 10.6. The van der Waals surface area contributed by atoms with Gasteiger partial charge in [-0.2, -0.15) is 15.0 Å². The van der Waals surface area contributed by atoms with E-state index in [0.717, 1.165) is 11.3 Å². The van der Waals surface area contributed by atoms with E-state index in [1.54, 1.807) is 12.1 Å². The molecule has 0 radical (unpaired) electrons. The smallest absolute Gasteiger partial charge is 0.322 e. The number of nitro benzene ring substituents is 1. The van der Waals surface area contributed by atoms with E-state index in [2.05, 4.69) is 15.0 Å². The molecule has 0 unspecified atom stereocenters. The van der Waals surface area contributed by atoms with Gasteiger partial charge in [0.15, 0.2) is 0 Å². The van der Waals surface area contributed by atoms with Crippen LogP contribution in [0.1, 0.15) is 13.3 Å². The SMILES string of the molecule is CCCOc1nc(N)nc(Sc2ccc([N+](=O)[O-])cc2)n1. The van der Waals surface area contributed by atoms with Crippen LogP contribution in [0.4, 0.5) is 11.6 Å². The van der Waals surface area contributed by atoms with E-state index >= 15 is 0 Å². The number of nitro groups is 1. The lowest BCUT2D eigenvalue weighted by atomic mass is 10.3. The molecule has 0 fully saturated rings. The number of rotatable bonds is 6. The topological polar surface area (TPSA) is 117 Å². The van der Waals surface area contributed by atoms with Gasteiger partial charge in [-0.15, -0.1) is 0 Å². The van der Waals surface area contributed by atoms with Gasteiger partial charge in [-0.05, 0) is 30.3 Å². The van der Waals surface area contributed by atoms with Crippen molar-refractivity contribution in [2.45, 2.75) is 23.4 Å². The maximum Gasteiger partial charge on any atom is 0.322 e. The van der Waals surface area contributed by atoms with Crippen LogP contribution in [0.15, 0.2) is 34.3 Å². The van der Waals surface area contributed by atoms with Crippen molar-refractivity contribution in [3.8, 4) is 6.01 Å². The van der Waals surface area contributed by atoms with Crippen LogP contribution in [0.5, 0.6) is 6.01 Å². The maximum absolute atomic E-state index is 10.6. The third kappa shape index (κ3) is 4.28. The van der Waals surface area contributed by atoms with E-state index in [1.165, 1.54) is 23.9 Å². The minimum Gasteiger partial charge on any atom is -0.463 e. The number of aromatic nitrogens is 3. The first-order valence-corrected chi connectivity index (χ1v) is 6.97. The standard InChI is InChI=1S/C12H13N5O3S/c1-2-7-20-11-14-10(13)15-12(16-11)21-9-5-3-8(4-6-9)17(18)19/h3-6H,2,7H2,1H3,(H2,13,14,15,16). The summed E-state index contributed by atoms with van der Waals surface area (Å²) in [6.07, 6.45) is 0.830. The van der Waals surface area contributed by atoms with Crippen LogP contribution in [0.3, 0.4) is 0 Å². The summed E-state index contributed by atoms with van der Waals surface area (Å²) in [5.41, 5.74) is 5.63. The third-order valence-electron chi connectivity index (χ3n) is 2.30. The van der Waals surface area contributed by atoms with Gasteiger partial charge in [-0.1, -0.05) is 6.92 Å². The lowest BCUT2D eigenvalue weighted by Crippen LogP contribution is -2.05. The monoisotopic (exact) mass is 307 g/mol. The molecule has 2 aromatic rings. The Morgan fingerprint density at radius 2 is 2.00 bits per heavy atom. The number of nitrogens with zero attached hydrogens (tertiary/aromatic N) is 4. The average Bonchev–Trinajstić information content (AvgIpc) is 2.45. The minimum absolute atomic E-state index is 0.0291. The predicted molar refractivity (Wildman–Crippen MR) is 77.2 cm³/mol. The number of nitrogen functional groups attached to an aromatic ring is 1. The van der Waals surface area contributed by atoms with Crippen LogP contribution < -0.4 is 10.5 Å². The molecule has 0 spiro atoms. The molecule has 2 N–H and O–H groups in total. The van der Waals surface area contributed by atoms with E-state index in [0.29, 0.717) is 11.8 Å². The molecule has 0 saturated carbocycles.